The molecule has 6 heteroatoms. The largest absolute Gasteiger partial charge is 0.497 e. The zero-order valence-corrected chi connectivity index (χ0v) is 13.5. The second-order valence-electron chi connectivity index (χ2n) is 5.69. The van der Waals surface area contributed by atoms with E-state index in [-0.39, 0.29) is 0 Å². The van der Waals surface area contributed by atoms with Gasteiger partial charge in [0.25, 0.3) is 0 Å². The number of hydrogen-bond acceptors (Lipinski definition) is 5. The van der Waals surface area contributed by atoms with Crippen molar-refractivity contribution in [3.63, 3.8) is 0 Å². The van der Waals surface area contributed by atoms with Crippen LogP contribution < -0.4 is 9.64 Å². The van der Waals surface area contributed by atoms with Gasteiger partial charge in [0, 0.05) is 45.0 Å². The molecule has 1 saturated heterocycles. The van der Waals surface area contributed by atoms with Crippen LogP contribution in [0.3, 0.4) is 0 Å². The van der Waals surface area contributed by atoms with Crippen molar-refractivity contribution in [1.29, 1.82) is 0 Å². The van der Waals surface area contributed by atoms with Crippen molar-refractivity contribution in [2.75, 3.05) is 38.2 Å². The Balaban J connectivity index is 1.59. The first-order valence-corrected chi connectivity index (χ1v) is 7.63. The molecule has 3 rings (SSSR count). The zero-order valence-electron chi connectivity index (χ0n) is 13.5. The Morgan fingerprint density at radius 1 is 1.14 bits per heavy atom. The van der Waals surface area contributed by atoms with Gasteiger partial charge < -0.3 is 14.2 Å². The van der Waals surface area contributed by atoms with Crippen LogP contribution >= 0.6 is 0 Å². The predicted octanol–water partition coefficient (Wildman–Crippen LogP) is 1.45. The number of piperazine rings is 1. The van der Waals surface area contributed by atoms with E-state index in [1.54, 1.807) is 7.11 Å². The molecular formula is C16H23N5O. The Morgan fingerprint density at radius 2 is 1.91 bits per heavy atom. The van der Waals surface area contributed by atoms with E-state index in [9.17, 15) is 0 Å². The van der Waals surface area contributed by atoms with E-state index in [0.717, 1.165) is 50.1 Å². The molecular weight excluding hydrogens is 278 g/mol. The zero-order chi connectivity index (χ0) is 15.5. The lowest BCUT2D eigenvalue weighted by molar-refractivity contribution is 0.241. The first kappa shape index (κ1) is 14.8. The number of nitrogens with zero attached hydrogens (tertiary/aromatic N) is 5. The van der Waals surface area contributed by atoms with Crippen molar-refractivity contribution in [1.82, 2.24) is 19.7 Å². The molecule has 1 aromatic carbocycles. The standard InChI is InChI=1S/C16H23N5O/c1-13-17-18-16(19(13)2)12-20-7-9-21(10-8-20)14-5-4-6-15(11-14)22-3/h4-6,11H,7-10,12H2,1-3H3. The van der Waals surface area contributed by atoms with Gasteiger partial charge in [-0.1, -0.05) is 6.07 Å². The molecule has 0 N–H and O–H groups in total. The quantitative estimate of drug-likeness (QED) is 0.855. The van der Waals surface area contributed by atoms with Crippen molar-refractivity contribution >= 4 is 5.69 Å². The third kappa shape index (κ3) is 3.06. The van der Waals surface area contributed by atoms with Crippen LogP contribution in [0.15, 0.2) is 24.3 Å². The summed E-state index contributed by atoms with van der Waals surface area (Å²) >= 11 is 0. The number of methoxy groups -OCH3 is 1. The average Bonchev–Trinajstić information content (AvgIpc) is 2.88. The third-order valence-corrected chi connectivity index (χ3v) is 4.34. The topological polar surface area (TPSA) is 46.4 Å². The lowest BCUT2D eigenvalue weighted by atomic mass is 10.2. The Bertz CT molecular complexity index is 631. The second kappa shape index (κ2) is 6.36. The normalized spacial score (nSPS) is 16.0. The van der Waals surface area contributed by atoms with E-state index in [4.69, 9.17) is 4.74 Å². The van der Waals surface area contributed by atoms with Crippen LogP contribution in [0, 0.1) is 6.92 Å². The molecule has 1 aliphatic heterocycles. The summed E-state index contributed by atoms with van der Waals surface area (Å²) in [4.78, 5) is 4.83. The number of ether oxygens (including phenoxy) is 1. The van der Waals surface area contributed by atoms with Crippen molar-refractivity contribution in [3.05, 3.63) is 35.9 Å². The summed E-state index contributed by atoms with van der Waals surface area (Å²) in [5.41, 5.74) is 1.23. The number of aryl methyl sites for hydroxylation is 1. The molecule has 2 heterocycles. The summed E-state index contributed by atoms with van der Waals surface area (Å²) in [6, 6.07) is 8.27. The number of anilines is 1. The molecule has 0 amide bonds. The fraction of sp³-hybridized carbons (Fsp3) is 0.500. The lowest BCUT2D eigenvalue weighted by Crippen LogP contribution is -2.46. The van der Waals surface area contributed by atoms with E-state index < -0.39 is 0 Å². The summed E-state index contributed by atoms with van der Waals surface area (Å²) in [6.07, 6.45) is 0. The minimum Gasteiger partial charge on any atom is -0.497 e. The first-order valence-electron chi connectivity index (χ1n) is 7.63. The van der Waals surface area contributed by atoms with Crippen molar-refractivity contribution < 1.29 is 4.74 Å². The molecule has 0 unspecified atom stereocenters. The number of hydrogen-bond donors (Lipinski definition) is 0. The van der Waals surface area contributed by atoms with Crippen LogP contribution in [0.25, 0.3) is 0 Å². The molecule has 1 fully saturated rings. The summed E-state index contributed by atoms with van der Waals surface area (Å²) in [7, 11) is 3.73. The monoisotopic (exact) mass is 301 g/mol. The van der Waals surface area contributed by atoms with Crippen LogP contribution in [-0.4, -0.2) is 53.0 Å². The Kier molecular flexibility index (Phi) is 4.29. The Hall–Kier alpha value is -2.08. The maximum atomic E-state index is 5.31. The molecule has 6 nitrogen and oxygen atoms in total. The van der Waals surface area contributed by atoms with Crippen LogP contribution in [0.5, 0.6) is 5.75 Å². The highest BCUT2D eigenvalue weighted by molar-refractivity contribution is 5.51. The molecule has 0 spiro atoms. The van der Waals surface area contributed by atoms with Gasteiger partial charge in [0.2, 0.25) is 0 Å². The SMILES string of the molecule is COc1cccc(N2CCN(Cc3nnc(C)n3C)CC2)c1. The number of benzene rings is 1. The molecule has 0 aliphatic carbocycles. The Morgan fingerprint density at radius 3 is 2.55 bits per heavy atom. The van der Waals surface area contributed by atoms with E-state index >= 15 is 0 Å². The molecule has 0 radical (unpaired) electrons. The number of aromatic nitrogens is 3. The van der Waals surface area contributed by atoms with E-state index in [1.165, 1.54) is 5.69 Å². The minimum absolute atomic E-state index is 0.864. The van der Waals surface area contributed by atoms with Crippen LogP contribution in [0.4, 0.5) is 5.69 Å². The van der Waals surface area contributed by atoms with Gasteiger partial charge in [-0.05, 0) is 19.1 Å². The van der Waals surface area contributed by atoms with Crippen LogP contribution in [0.2, 0.25) is 0 Å². The number of rotatable bonds is 4. The smallest absolute Gasteiger partial charge is 0.146 e. The highest BCUT2D eigenvalue weighted by atomic mass is 16.5. The Labute approximate surface area is 131 Å². The van der Waals surface area contributed by atoms with Gasteiger partial charge in [-0.15, -0.1) is 10.2 Å². The van der Waals surface area contributed by atoms with Crippen molar-refractivity contribution in [2.45, 2.75) is 13.5 Å². The summed E-state index contributed by atoms with van der Waals surface area (Å²) in [5.74, 6) is 2.91. The fourth-order valence-corrected chi connectivity index (χ4v) is 2.76. The highest BCUT2D eigenvalue weighted by Crippen LogP contribution is 2.22. The maximum absolute atomic E-state index is 5.31. The van der Waals surface area contributed by atoms with Gasteiger partial charge >= 0.3 is 0 Å². The fourth-order valence-electron chi connectivity index (χ4n) is 2.76. The van der Waals surface area contributed by atoms with Gasteiger partial charge in [0.15, 0.2) is 0 Å². The molecule has 0 saturated carbocycles. The van der Waals surface area contributed by atoms with Crippen LogP contribution in [-0.2, 0) is 13.6 Å². The predicted molar refractivity (Wildman–Crippen MR) is 86.2 cm³/mol. The molecule has 0 bridgehead atoms. The van der Waals surface area contributed by atoms with Gasteiger partial charge in [-0.25, -0.2) is 0 Å². The van der Waals surface area contributed by atoms with E-state index in [2.05, 4.69) is 36.7 Å². The summed E-state index contributed by atoms with van der Waals surface area (Å²) in [5, 5.41) is 8.38. The third-order valence-electron chi connectivity index (χ3n) is 4.34. The van der Waals surface area contributed by atoms with Crippen molar-refractivity contribution in [2.24, 2.45) is 7.05 Å². The molecule has 1 aliphatic rings. The van der Waals surface area contributed by atoms with Gasteiger partial charge in [-0.2, -0.15) is 0 Å². The average molecular weight is 301 g/mol. The van der Waals surface area contributed by atoms with Gasteiger partial charge in [0.05, 0.1) is 13.7 Å². The van der Waals surface area contributed by atoms with Gasteiger partial charge in [-0.3, -0.25) is 4.90 Å². The summed E-state index contributed by atoms with van der Waals surface area (Å²) in [6.45, 7) is 6.95. The molecule has 22 heavy (non-hydrogen) atoms. The second-order valence-corrected chi connectivity index (χ2v) is 5.69. The van der Waals surface area contributed by atoms with Crippen LogP contribution in [0.1, 0.15) is 11.6 Å². The highest BCUT2D eigenvalue weighted by Gasteiger charge is 2.19. The minimum atomic E-state index is 0.864. The molecule has 1 aromatic heterocycles. The van der Waals surface area contributed by atoms with E-state index in [1.807, 2.05) is 26.1 Å². The summed E-state index contributed by atoms with van der Waals surface area (Å²) < 4.78 is 7.37. The van der Waals surface area contributed by atoms with Gasteiger partial charge in [0.1, 0.15) is 17.4 Å². The molecule has 2 aromatic rings. The van der Waals surface area contributed by atoms with Crippen molar-refractivity contribution in [3.8, 4) is 5.75 Å². The lowest BCUT2D eigenvalue weighted by Gasteiger charge is -2.35. The maximum Gasteiger partial charge on any atom is 0.146 e. The first-order chi connectivity index (χ1) is 10.7. The molecule has 0 atom stereocenters. The molecule has 118 valence electrons. The van der Waals surface area contributed by atoms with E-state index in [0.29, 0.717) is 0 Å².